The minimum atomic E-state index is -0.396. The Labute approximate surface area is 110 Å². The molecule has 0 aromatic rings. The molecule has 1 amide bonds. The van der Waals surface area contributed by atoms with Crippen LogP contribution in [0.25, 0.3) is 0 Å². The van der Waals surface area contributed by atoms with Crippen LogP contribution in [-0.4, -0.2) is 31.2 Å². The van der Waals surface area contributed by atoms with E-state index in [1.807, 2.05) is 13.8 Å². The molecule has 1 heterocycles. The van der Waals surface area contributed by atoms with E-state index in [9.17, 15) is 4.79 Å². The molecule has 1 fully saturated rings. The number of nitrogens with two attached hydrogens (primary N) is 1. The van der Waals surface area contributed by atoms with Gasteiger partial charge in [-0.3, -0.25) is 4.79 Å². The molecule has 0 spiro atoms. The number of ether oxygens (including phenoxy) is 1. The smallest absolute Gasteiger partial charge is 0.237 e. The molecule has 5 heteroatoms. The minimum Gasteiger partial charge on any atom is -0.378 e. The molecule has 3 N–H and O–H groups in total. The number of rotatable bonds is 5. The fourth-order valence-corrected chi connectivity index (χ4v) is 1.81. The third-order valence-electron chi connectivity index (χ3n) is 3.06. The molecule has 102 valence electrons. The van der Waals surface area contributed by atoms with Gasteiger partial charge in [-0.25, -0.2) is 0 Å². The summed E-state index contributed by atoms with van der Waals surface area (Å²) in [6.45, 7) is 5.44. The van der Waals surface area contributed by atoms with Gasteiger partial charge in [0.2, 0.25) is 5.91 Å². The van der Waals surface area contributed by atoms with Crippen molar-refractivity contribution in [2.24, 2.45) is 11.7 Å². The van der Waals surface area contributed by atoms with Crippen molar-refractivity contribution >= 4 is 18.3 Å². The second-order valence-electron chi connectivity index (χ2n) is 4.84. The lowest BCUT2D eigenvalue weighted by atomic mass is 10.0. The van der Waals surface area contributed by atoms with Crippen molar-refractivity contribution in [1.82, 2.24) is 5.32 Å². The van der Waals surface area contributed by atoms with Gasteiger partial charge in [0.15, 0.2) is 0 Å². The topological polar surface area (TPSA) is 64.4 Å². The zero-order chi connectivity index (χ0) is 12.0. The molecule has 0 aromatic carbocycles. The molecule has 1 aliphatic rings. The number of carbonyl (C=O) groups is 1. The van der Waals surface area contributed by atoms with Crippen LogP contribution in [-0.2, 0) is 9.53 Å². The van der Waals surface area contributed by atoms with Gasteiger partial charge in [-0.15, -0.1) is 12.4 Å². The first-order chi connectivity index (χ1) is 7.61. The van der Waals surface area contributed by atoms with Crippen LogP contribution in [0.15, 0.2) is 0 Å². The lowest BCUT2D eigenvalue weighted by molar-refractivity contribution is -0.123. The number of carbonyl (C=O) groups excluding carboxylic acids is 1. The van der Waals surface area contributed by atoms with Gasteiger partial charge in [0.25, 0.3) is 0 Å². The van der Waals surface area contributed by atoms with E-state index in [0.717, 1.165) is 19.4 Å². The first kappa shape index (κ1) is 16.7. The molecule has 1 aliphatic heterocycles. The van der Waals surface area contributed by atoms with Crippen molar-refractivity contribution < 1.29 is 9.53 Å². The highest BCUT2D eigenvalue weighted by Crippen LogP contribution is 2.14. The molecule has 2 atom stereocenters. The van der Waals surface area contributed by atoms with Crippen molar-refractivity contribution in [2.45, 2.75) is 51.7 Å². The van der Waals surface area contributed by atoms with Crippen LogP contribution in [0.4, 0.5) is 0 Å². The Kier molecular flexibility index (Phi) is 8.56. The Morgan fingerprint density at radius 1 is 1.47 bits per heavy atom. The average molecular weight is 265 g/mol. The standard InChI is InChI=1S/C12H24N2O2.ClH/c1-9(2)11(13)12(15)14-7-6-10-5-3-4-8-16-10;/h9-11H,3-8,13H2,1-2H3,(H,14,15);1H/t10?,11-;/m1./s1. The summed E-state index contributed by atoms with van der Waals surface area (Å²) in [5, 5.41) is 2.87. The van der Waals surface area contributed by atoms with E-state index >= 15 is 0 Å². The minimum absolute atomic E-state index is 0. The molecule has 17 heavy (non-hydrogen) atoms. The maximum absolute atomic E-state index is 11.5. The van der Waals surface area contributed by atoms with E-state index in [-0.39, 0.29) is 24.2 Å². The molecule has 0 aliphatic carbocycles. The highest BCUT2D eigenvalue weighted by molar-refractivity contribution is 5.85. The quantitative estimate of drug-likeness (QED) is 0.790. The Balaban J connectivity index is 0.00000256. The first-order valence-electron chi connectivity index (χ1n) is 6.26. The number of amides is 1. The third kappa shape index (κ3) is 6.24. The van der Waals surface area contributed by atoms with Crippen LogP contribution < -0.4 is 11.1 Å². The van der Waals surface area contributed by atoms with Gasteiger partial charge in [0, 0.05) is 13.2 Å². The van der Waals surface area contributed by atoms with E-state index in [1.165, 1.54) is 12.8 Å². The second kappa shape index (κ2) is 8.72. The lowest BCUT2D eigenvalue weighted by Gasteiger charge is -2.23. The van der Waals surface area contributed by atoms with Gasteiger partial charge >= 0.3 is 0 Å². The fraction of sp³-hybridized carbons (Fsp3) is 0.917. The zero-order valence-electron chi connectivity index (χ0n) is 10.8. The van der Waals surface area contributed by atoms with E-state index in [4.69, 9.17) is 10.5 Å². The molecular formula is C12H25ClN2O2. The number of hydrogen-bond acceptors (Lipinski definition) is 3. The number of halogens is 1. The van der Waals surface area contributed by atoms with Crippen LogP contribution in [0, 0.1) is 5.92 Å². The Morgan fingerprint density at radius 3 is 2.71 bits per heavy atom. The zero-order valence-corrected chi connectivity index (χ0v) is 11.6. The maximum atomic E-state index is 11.5. The highest BCUT2D eigenvalue weighted by Gasteiger charge is 2.18. The monoisotopic (exact) mass is 264 g/mol. The Morgan fingerprint density at radius 2 is 2.18 bits per heavy atom. The number of nitrogens with one attached hydrogen (secondary N) is 1. The number of hydrogen-bond donors (Lipinski definition) is 2. The van der Waals surface area contributed by atoms with Gasteiger partial charge in [-0.2, -0.15) is 0 Å². The van der Waals surface area contributed by atoms with Crippen molar-refractivity contribution in [1.29, 1.82) is 0 Å². The van der Waals surface area contributed by atoms with Crippen LogP contribution >= 0.6 is 12.4 Å². The Hall–Kier alpha value is -0.320. The van der Waals surface area contributed by atoms with Crippen LogP contribution in [0.3, 0.4) is 0 Å². The molecular weight excluding hydrogens is 240 g/mol. The molecule has 0 saturated carbocycles. The molecule has 4 nitrogen and oxygen atoms in total. The third-order valence-corrected chi connectivity index (χ3v) is 3.06. The second-order valence-corrected chi connectivity index (χ2v) is 4.84. The van der Waals surface area contributed by atoms with Gasteiger partial charge < -0.3 is 15.8 Å². The molecule has 0 aromatic heterocycles. The predicted molar refractivity (Wildman–Crippen MR) is 71.3 cm³/mol. The van der Waals surface area contributed by atoms with Crippen molar-refractivity contribution in [3.05, 3.63) is 0 Å². The molecule has 1 rings (SSSR count). The van der Waals surface area contributed by atoms with Crippen LogP contribution in [0.1, 0.15) is 39.5 Å². The fourth-order valence-electron chi connectivity index (χ4n) is 1.81. The summed E-state index contributed by atoms with van der Waals surface area (Å²) in [4.78, 5) is 11.5. The maximum Gasteiger partial charge on any atom is 0.237 e. The van der Waals surface area contributed by atoms with Crippen LogP contribution in [0.2, 0.25) is 0 Å². The SMILES string of the molecule is CC(C)[C@@H](N)C(=O)NCCC1CCCCO1.Cl. The van der Waals surface area contributed by atoms with Gasteiger partial charge in [-0.05, 0) is 31.6 Å². The summed E-state index contributed by atoms with van der Waals surface area (Å²) in [7, 11) is 0. The van der Waals surface area contributed by atoms with E-state index in [2.05, 4.69) is 5.32 Å². The summed E-state index contributed by atoms with van der Waals surface area (Å²) in [6.07, 6.45) is 4.75. The van der Waals surface area contributed by atoms with Crippen molar-refractivity contribution in [3.63, 3.8) is 0 Å². The largest absolute Gasteiger partial charge is 0.378 e. The summed E-state index contributed by atoms with van der Waals surface area (Å²) < 4.78 is 5.59. The molecule has 1 saturated heterocycles. The van der Waals surface area contributed by atoms with E-state index in [0.29, 0.717) is 12.6 Å². The summed E-state index contributed by atoms with van der Waals surface area (Å²) in [5.74, 6) is 0.136. The van der Waals surface area contributed by atoms with Gasteiger partial charge in [0.05, 0.1) is 12.1 Å². The summed E-state index contributed by atoms with van der Waals surface area (Å²) in [6, 6.07) is -0.396. The molecule has 0 radical (unpaired) electrons. The normalized spacial score (nSPS) is 21.8. The summed E-state index contributed by atoms with van der Waals surface area (Å²) >= 11 is 0. The van der Waals surface area contributed by atoms with Crippen molar-refractivity contribution in [3.8, 4) is 0 Å². The highest BCUT2D eigenvalue weighted by atomic mass is 35.5. The van der Waals surface area contributed by atoms with Gasteiger partial charge in [0.1, 0.15) is 0 Å². The Bertz CT molecular complexity index is 219. The van der Waals surface area contributed by atoms with E-state index in [1.54, 1.807) is 0 Å². The van der Waals surface area contributed by atoms with Crippen LogP contribution in [0.5, 0.6) is 0 Å². The summed E-state index contributed by atoms with van der Waals surface area (Å²) in [5.41, 5.74) is 5.74. The predicted octanol–water partition coefficient (Wildman–Crippen LogP) is 1.47. The lowest BCUT2D eigenvalue weighted by Crippen LogP contribution is -2.44. The van der Waals surface area contributed by atoms with Gasteiger partial charge in [-0.1, -0.05) is 13.8 Å². The van der Waals surface area contributed by atoms with E-state index < -0.39 is 6.04 Å². The first-order valence-corrected chi connectivity index (χ1v) is 6.26. The van der Waals surface area contributed by atoms with Crippen molar-refractivity contribution in [2.75, 3.05) is 13.2 Å². The average Bonchev–Trinajstić information content (AvgIpc) is 2.29. The molecule has 1 unspecified atom stereocenters. The molecule has 0 bridgehead atoms.